The van der Waals surface area contributed by atoms with Crippen molar-refractivity contribution in [3.8, 4) is 0 Å². The smallest absolute Gasteiger partial charge is 0.270 e. The molecule has 0 radical (unpaired) electrons. The molecule has 0 spiro atoms. The second-order valence-corrected chi connectivity index (χ2v) is 10.7. The number of rotatable bonds is 11. The summed E-state index contributed by atoms with van der Waals surface area (Å²) in [6, 6.07) is 3.87. The molecule has 1 aromatic carbocycles. The Balaban J connectivity index is 1.82. The quantitative estimate of drug-likeness (QED) is 0.309. The molecule has 1 N–H and O–H groups in total. The number of hydrogen-bond acceptors (Lipinski definition) is 5. The number of carbonyl (C=O) groups excluding carboxylic acids is 1. The average Bonchev–Trinajstić information content (AvgIpc) is 2.72. The van der Waals surface area contributed by atoms with Gasteiger partial charge in [-0.05, 0) is 37.7 Å². The normalized spacial score (nSPS) is 15.9. The number of amides is 1. The first-order valence-corrected chi connectivity index (χ1v) is 12.6. The van der Waals surface area contributed by atoms with Crippen molar-refractivity contribution in [3.05, 3.63) is 33.9 Å². The second-order valence-electron chi connectivity index (χ2n) is 8.77. The number of carbonyl (C=O) groups is 1. The maximum absolute atomic E-state index is 13.0. The molecule has 0 unspecified atom stereocenters. The number of aryl methyl sites for hydroxylation is 1. The second kappa shape index (κ2) is 11.6. The molecular weight excluding hydrogens is 418 g/mol. The SMILES string of the molecule is Cc1ccc([N+](=O)[O-])cc1S(=O)(=O)N1CCC(C(=O)NCCCCCCC(C)C)CC1. The van der Waals surface area contributed by atoms with E-state index in [0.29, 0.717) is 24.9 Å². The summed E-state index contributed by atoms with van der Waals surface area (Å²) in [5.41, 5.74) is 0.224. The number of non-ortho nitro benzene ring substituents is 1. The number of piperidine rings is 1. The minimum Gasteiger partial charge on any atom is -0.356 e. The summed E-state index contributed by atoms with van der Waals surface area (Å²) in [5, 5.41) is 14.0. The number of nitrogens with zero attached hydrogens (tertiary/aromatic N) is 2. The molecule has 8 nitrogen and oxygen atoms in total. The molecule has 1 aliphatic heterocycles. The zero-order valence-corrected chi connectivity index (χ0v) is 19.6. The van der Waals surface area contributed by atoms with Gasteiger partial charge in [0.2, 0.25) is 15.9 Å². The number of nitro benzene ring substituents is 1. The first kappa shape index (κ1) is 25.3. The topological polar surface area (TPSA) is 110 Å². The van der Waals surface area contributed by atoms with Gasteiger partial charge >= 0.3 is 0 Å². The molecular formula is C22H35N3O5S. The van der Waals surface area contributed by atoms with Crippen LogP contribution in [0.2, 0.25) is 0 Å². The van der Waals surface area contributed by atoms with Gasteiger partial charge in [-0.15, -0.1) is 0 Å². The van der Waals surface area contributed by atoms with E-state index in [1.165, 1.54) is 35.7 Å². The summed E-state index contributed by atoms with van der Waals surface area (Å²) in [4.78, 5) is 22.8. The highest BCUT2D eigenvalue weighted by Crippen LogP contribution is 2.28. The number of hydrogen-bond donors (Lipinski definition) is 1. The van der Waals surface area contributed by atoms with E-state index in [0.717, 1.165) is 24.8 Å². The Hall–Kier alpha value is -2.00. The molecule has 1 aliphatic rings. The van der Waals surface area contributed by atoms with Gasteiger partial charge in [0.25, 0.3) is 5.69 Å². The van der Waals surface area contributed by atoms with Crippen LogP contribution in [0.25, 0.3) is 0 Å². The summed E-state index contributed by atoms with van der Waals surface area (Å²) in [6.45, 7) is 7.20. The predicted octanol–water partition coefficient (Wildman–Crippen LogP) is 4.03. The molecule has 1 amide bonds. The summed E-state index contributed by atoms with van der Waals surface area (Å²) >= 11 is 0. The van der Waals surface area contributed by atoms with Crippen molar-refractivity contribution in [2.75, 3.05) is 19.6 Å². The fraction of sp³-hybridized carbons (Fsp3) is 0.682. The number of nitrogens with one attached hydrogen (secondary N) is 1. The molecule has 0 aromatic heterocycles. The molecule has 0 saturated carbocycles. The highest BCUT2D eigenvalue weighted by atomic mass is 32.2. The Morgan fingerprint density at radius 2 is 1.84 bits per heavy atom. The maximum Gasteiger partial charge on any atom is 0.270 e. The Labute approximate surface area is 185 Å². The summed E-state index contributed by atoms with van der Waals surface area (Å²) in [6.07, 6.45) is 6.61. The third-order valence-electron chi connectivity index (χ3n) is 5.83. The van der Waals surface area contributed by atoms with E-state index in [1.54, 1.807) is 6.92 Å². The van der Waals surface area contributed by atoms with Gasteiger partial charge in [-0.3, -0.25) is 14.9 Å². The molecule has 9 heteroatoms. The summed E-state index contributed by atoms with van der Waals surface area (Å²) in [5.74, 6) is 0.527. The van der Waals surface area contributed by atoms with Gasteiger partial charge in [-0.1, -0.05) is 45.6 Å². The number of unbranched alkanes of at least 4 members (excludes halogenated alkanes) is 3. The van der Waals surface area contributed by atoms with Crippen molar-refractivity contribution in [1.82, 2.24) is 9.62 Å². The van der Waals surface area contributed by atoms with E-state index >= 15 is 0 Å². The van der Waals surface area contributed by atoms with Gasteiger partial charge in [-0.25, -0.2) is 8.42 Å². The third-order valence-corrected chi connectivity index (χ3v) is 7.87. The number of nitro groups is 1. The van der Waals surface area contributed by atoms with Crippen LogP contribution in [-0.2, 0) is 14.8 Å². The molecule has 174 valence electrons. The van der Waals surface area contributed by atoms with Crippen LogP contribution in [0.3, 0.4) is 0 Å². The molecule has 1 fully saturated rings. The van der Waals surface area contributed by atoms with Crippen molar-refractivity contribution < 1.29 is 18.1 Å². The van der Waals surface area contributed by atoms with Crippen molar-refractivity contribution in [2.45, 2.75) is 70.6 Å². The lowest BCUT2D eigenvalue weighted by Crippen LogP contribution is -2.43. The van der Waals surface area contributed by atoms with E-state index in [-0.39, 0.29) is 35.5 Å². The predicted molar refractivity (Wildman–Crippen MR) is 120 cm³/mol. The monoisotopic (exact) mass is 453 g/mol. The highest BCUT2D eigenvalue weighted by Gasteiger charge is 2.33. The molecule has 0 atom stereocenters. The lowest BCUT2D eigenvalue weighted by Gasteiger charge is -2.30. The van der Waals surface area contributed by atoms with E-state index in [4.69, 9.17) is 0 Å². The maximum atomic E-state index is 13.0. The van der Waals surface area contributed by atoms with Crippen molar-refractivity contribution in [2.24, 2.45) is 11.8 Å². The number of sulfonamides is 1. The highest BCUT2D eigenvalue weighted by molar-refractivity contribution is 7.89. The fourth-order valence-electron chi connectivity index (χ4n) is 3.86. The number of benzene rings is 1. The minimum atomic E-state index is -3.84. The summed E-state index contributed by atoms with van der Waals surface area (Å²) in [7, 11) is -3.84. The Kier molecular flexibility index (Phi) is 9.43. The van der Waals surface area contributed by atoms with Crippen LogP contribution in [0.4, 0.5) is 5.69 Å². The van der Waals surface area contributed by atoms with Crippen LogP contribution >= 0.6 is 0 Å². The van der Waals surface area contributed by atoms with E-state index in [2.05, 4.69) is 19.2 Å². The first-order chi connectivity index (χ1) is 14.6. The minimum absolute atomic E-state index is 0.00856. The van der Waals surface area contributed by atoms with Gasteiger partial charge in [0.05, 0.1) is 9.82 Å². The van der Waals surface area contributed by atoms with Crippen LogP contribution in [0.15, 0.2) is 23.1 Å². The van der Waals surface area contributed by atoms with Crippen molar-refractivity contribution >= 4 is 21.6 Å². The van der Waals surface area contributed by atoms with Gasteiger partial charge in [0.1, 0.15) is 0 Å². The lowest BCUT2D eigenvalue weighted by atomic mass is 9.97. The third kappa shape index (κ3) is 7.28. The van der Waals surface area contributed by atoms with E-state index in [1.807, 2.05) is 0 Å². The fourth-order valence-corrected chi connectivity index (χ4v) is 5.58. The zero-order valence-electron chi connectivity index (χ0n) is 18.8. The largest absolute Gasteiger partial charge is 0.356 e. The first-order valence-electron chi connectivity index (χ1n) is 11.2. The molecule has 0 aliphatic carbocycles. The van der Waals surface area contributed by atoms with Crippen LogP contribution in [0, 0.1) is 28.9 Å². The molecule has 1 aromatic rings. The molecule has 1 heterocycles. The van der Waals surface area contributed by atoms with Gasteiger partial charge in [0, 0.05) is 37.7 Å². The van der Waals surface area contributed by atoms with Crippen LogP contribution in [0.5, 0.6) is 0 Å². The standard InChI is InChI=1S/C22H35N3O5S/c1-17(2)8-6-4-5-7-13-23-22(26)19-11-14-24(15-12-19)31(29,30)21-16-20(25(27)28)10-9-18(21)3/h9-10,16-17,19H,4-8,11-15H2,1-3H3,(H,23,26). The van der Waals surface area contributed by atoms with E-state index in [9.17, 15) is 23.3 Å². The van der Waals surface area contributed by atoms with Crippen molar-refractivity contribution in [1.29, 1.82) is 0 Å². The van der Waals surface area contributed by atoms with Crippen LogP contribution < -0.4 is 5.32 Å². The Bertz CT molecular complexity index is 862. The molecule has 0 bridgehead atoms. The average molecular weight is 454 g/mol. The zero-order chi connectivity index (χ0) is 23.0. The van der Waals surface area contributed by atoms with Gasteiger partial charge in [-0.2, -0.15) is 4.31 Å². The molecule has 2 rings (SSSR count). The summed E-state index contributed by atoms with van der Waals surface area (Å²) < 4.78 is 27.3. The van der Waals surface area contributed by atoms with Gasteiger partial charge in [0.15, 0.2) is 0 Å². The Morgan fingerprint density at radius 3 is 2.45 bits per heavy atom. The van der Waals surface area contributed by atoms with Crippen LogP contribution in [-0.4, -0.2) is 43.2 Å². The lowest BCUT2D eigenvalue weighted by molar-refractivity contribution is -0.385. The van der Waals surface area contributed by atoms with Crippen molar-refractivity contribution in [3.63, 3.8) is 0 Å². The molecule has 31 heavy (non-hydrogen) atoms. The van der Waals surface area contributed by atoms with Gasteiger partial charge < -0.3 is 5.32 Å². The van der Waals surface area contributed by atoms with Crippen LogP contribution in [0.1, 0.15) is 64.4 Å². The molecule has 1 saturated heterocycles. The Morgan fingerprint density at radius 1 is 1.19 bits per heavy atom. The van der Waals surface area contributed by atoms with E-state index < -0.39 is 14.9 Å².